The molecule has 0 radical (unpaired) electrons. The molecule has 1 saturated carbocycles. The van der Waals surface area contributed by atoms with Gasteiger partial charge in [-0.05, 0) is 31.2 Å². The second-order valence-corrected chi connectivity index (χ2v) is 7.20. The molecule has 0 spiro atoms. The third-order valence-electron chi connectivity index (χ3n) is 5.71. The summed E-state index contributed by atoms with van der Waals surface area (Å²) in [6.07, 6.45) is 5.96. The summed E-state index contributed by atoms with van der Waals surface area (Å²) >= 11 is 0. The Morgan fingerprint density at radius 2 is 1.96 bits per heavy atom. The van der Waals surface area contributed by atoms with Crippen molar-refractivity contribution in [3.8, 4) is 0 Å². The lowest BCUT2D eigenvalue weighted by atomic mass is 9.85. The molecule has 136 valence electrons. The summed E-state index contributed by atoms with van der Waals surface area (Å²) in [5.41, 5.74) is -0.331. The Morgan fingerprint density at radius 3 is 2.77 bits per heavy atom. The maximum absolute atomic E-state index is 12.9. The highest BCUT2D eigenvalue weighted by molar-refractivity contribution is 5.85. The molecule has 3 atom stereocenters. The minimum atomic E-state index is -0.966. The summed E-state index contributed by atoms with van der Waals surface area (Å²) in [4.78, 5) is 38.7. The Morgan fingerprint density at radius 1 is 1.19 bits per heavy atom. The van der Waals surface area contributed by atoms with Gasteiger partial charge in [0.05, 0.1) is 11.6 Å². The molecular formula is C19H21N3O4. The van der Waals surface area contributed by atoms with E-state index in [1.807, 2.05) is 6.07 Å². The third kappa shape index (κ3) is 2.77. The van der Waals surface area contributed by atoms with Crippen molar-refractivity contribution in [2.45, 2.75) is 50.7 Å². The van der Waals surface area contributed by atoms with E-state index < -0.39 is 12.0 Å². The van der Waals surface area contributed by atoms with E-state index in [0.29, 0.717) is 11.8 Å². The van der Waals surface area contributed by atoms with E-state index in [4.69, 9.17) is 0 Å². The van der Waals surface area contributed by atoms with E-state index >= 15 is 0 Å². The molecule has 2 heterocycles. The zero-order chi connectivity index (χ0) is 18.3. The summed E-state index contributed by atoms with van der Waals surface area (Å²) in [7, 11) is 0. The zero-order valence-corrected chi connectivity index (χ0v) is 14.4. The first-order chi connectivity index (χ1) is 12.6. The Balaban J connectivity index is 1.63. The number of amides is 1. The first-order valence-electron chi connectivity index (χ1n) is 9.05. The molecule has 7 nitrogen and oxygen atoms in total. The van der Waals surface area contributed by atoms with Crippen LogP contribution in [-0.4, -0.2) is 43.7 Å². The van der Waals surface area contributed by atoms with Gasteiger partial charge in [-0.3, -0.25) is 9.59 Å². The number of likely N-dealkylation sites (tertiary alicyclic amines) is 1. The van der Waals surface area contributed by atoms with Crippen LogP contribution >= 0.6 is 0 Å². The van der Waals surface area contributed by atoms with Gasteiger partial charge in [-0.15, -0.1) is 0 Å². The van der Waals surface area contributed by atoms with Crippen molar-refractivity contribution in [2.24, 2.45) is 5.92 Å². The van der Waals surface area contributed by atoms with Crippen molar-refractivity contribution in [1.82, 2.24) is 14.7 Å². The predicted molar refractivity (Wildman–Crippen MR) is 94.6 cm³/mol. The lowest BCUT2D eigenvalue weighted by molar-refractivity contribution is -0.150. The van der Waals surface area contributed by atoms with Gasteiger partial charge in [-0.2, -0.15) is 5.10 Å². The number of rotatable bonds is 3. The van der Waals surface area contributed by atoms with Gasteiger partial charge < -0.3 is 10.0 Å². The number of aliphatic carboxylic acids is 1. The highest BCUT2D eigenvalue weighted by Gasteiger charge is 2.47. The van der Waals surface area contributed by atoms with Crippen molar-refractivity contribution in [3.63, 3.8) is 0 Å². The van der Waals surface area contributed by atoms with Crippen LogP contribution in [0.2, 0.25) is 0 Å². The minimum Gasteiger partial charge on any atom is -0.480 e. The molecule has 2 aromatic rings. The average molecular weight is 355 g/mol. The summed E-state index contributed by atoms with van der Waals surface area (Å²) in [5, 5.41) is 14.9. The number of hydrogen-bond donors (Lipinski definition) is 1. The zero-order valence-electron chi connectivity index (χ0n) is 14.4. The van der Waals surface area contributed by atoms with E-state index in [1.165, 1.54) is 4.90 Å². The van der Waals surface area contributed by atoms with E-state index in [1.54, 1.807) is 24.4 Å². The predicted octanol–water partition coefficient (Wildman–Crippen LogP) is 1.64. The first-order valence-corrected chi connectivity index (χ1v) is 9.05. The van der Waals surface area contributed by atoms with Gasteiger partial charge in [0, 0.05) is 11.4 Å². The number of fused-ring (bicyclic) bond motifs is 2. The van der Waals surface area contributed by atoms with Gasteiger partial charge in [0.2, 0.25) is 5.91 Å². The molecule has 1 aromatic carbocycles. The molecule has 1 aliphatic heterocycles. The van der Waals surface area contributed by atoms with Gasteiger partial charge in [-0.25, -0.2) is 9.48 Å². The Bertz CT molecular complexity index is 922. The number of hydrogen-bond acceptors (Lipinski definition) is 4. The number of benzene rings is 1. The quantitative estimate of drug-likeness (QED) is 0.904. The molecule has 2 fully saturated rings. The Kier molecular flexibility index (Phi) is 4.22. The smallest absolute Gasteiger partial charge is 0.326 e. The second kappa shape index (κ2) is 6.55. The van der Waals surface area contributed by atoms with Crippen LogP contribution in [0.5, 0.6) is 0 Å². The molecule has 0 bridgehead atoms. The molecule has 1 N–H and O–H groups in total. The van der Waals surface area contributed by atoms with Crippen LogP contribution < -0.4 is 5.56 Å². The van der Waals surface area contributed by atoms with Gasteiger partial charge in [-0.1, -0.05) is 31.0 Å². The highest BCUT2D eigenvalue weighted by Crippen LogP contribution is 2.39. The topological polar surface area (TPSA) is 92.5 Å². The van der Waals surface area contributed by atoms with Crippen LogP contribution in [0.15, 0.2) is 35.3 Å². The molecule has 2 aliphatic rings. The van der Waals surface area contributed by atoms with Crippen molar-refractivity contribution in [2.75, 3.05) is 0 Å². The van der Waals surface area contributed by atoms with Crippen LogP contribution in [0, 0.1) is 5.92 Å². The molecule has 1 aliphatic carbocycles. The van der Waals surface area contributed by atoms with Crippen LogP contribution in [0.3, 0.4) is 0 Å². The highest BCUT2D eigenvalue weighted by atomic mass is 16.4. The molecule has 26 heavy (non-hydrogen) atoms. The van der Waals surface area contributed by atoms with E-state index in [-0.39, 0.29) is 30.0 Å². The van der Waals surface area contributed by atoms with Crippen molar-refractivity contribution >= 4 is 22.6 Å². The van der Waals surface area contributed by atoms with E-state index in [0.717, 1.165) is 35.8 Å². The van der Waals surface area contributed by atoms with Gasteiger partial charge in [0.1, 0.15) is 12.6 Å². The minimum absolute atomic E-state index is 0.0338. The van der Waals surface area contributed by atoms with E-state index in [2.05, 4.69) is 5.10 Å². The fraction of sp³-hybridized carbons (Fsp3) is 0.474. The van der Waals surface area contributed by atoms with E-state index in [9.17, 15) is 19.5 Å². The van der Waals surface area contributed by atoms with Gasteiger partial charge in [0.25, 0.3) is 5.56 Å². The molecule has 1 amide bonds. The van der Waals surface area contributed by atoms with Crippen molar-refractivity contribution in [3.05, 3.63) is 40.8 Å². The molecule has 1 saturated heterocycles. The number of aromatic nitrogens is 2. The summed E-state index contributed by atoms with van der Waals surface area (Å²) < 4.78 is 1.14. The fourth-order valence-corrected chi connectivity index (χ4v) is 4.49. The van der Waals surface area contributed by atoms with Crippen LogP contribution in [0.4, 0.5) is 0 Å². The monoisotopic (exact) mass is 355 g/mol. The maximum Gasteiger partial charge on any atom is 0.326 e. The lowest BCUT2D eigenvalue weighted by Crippen LogP contribution is -2.48. The largest absolute Gasteiger partial charge is 0.480 e. The molecule has 1 aromatic heterocycles. The lowest BCUT2D eigenvalue weighted by Gasteiger charge is -2.33. The van der Waals surface area contributed by atoms with Crippen LogP contribution in [0.25, 0.3) is 10.8 Å². The fourth-order valence-electron chi connectivity index (χ4n) is 4.49. The summed E-state index contributed by atoms with van der Waals surface area (Å²) in [5.74, 6) is -1.06. The standard InChI is InChI=1S/C19H21N3O4/c23-17(11-21-18(24)14-7-3-1-6-13(14)10-20-21)22-15-8-4-2-5-12(15)9-16(22)19(25)26/h1,3,6-7,10,12,15-16H,2,4-5,8-9,11H2,(H,25,26)/t12-,15+,16+/m1/s1. The Hall–Kier alpha value is -2.70. The summed E-state index contributed by atoms with van der Waals surface area (Å²) in [6, 6.07) is 6.25. The molecular weight excluding hydrogens is 334 g/mol. The average Bonchev–Trinajstić information content (AvgIpc) is 3.04. The maximum atomic E-state index is 12.9. The number of carboxylic acid groups (broad SMARTS) is 1. The summed E-state index contributed by atoms with van der Waals surface area (Å²) in [6.45, 7) is -0.226. The number of carbonyl (C=O) groups excluding carboxylic acids is 1. The SMILES string of the molecule is O=C(O)[C@@H]1C[C@H]2CCCC[C@@H]2N1C(=O)Cn1ncc2ccccc2c1=O. The van der Waals surface area contributed by atoms with Gasteiger partial charge in [0.15, 0.2) is 0 Å². The van der Waals surface area contributed by atoms with Crippen molar-refractivity contribution in [1.29, 1.82) is 0 Å². The van der Waals surface area contributed by atoms with Crippen LogP contribution in [0.1, 0.15) is 32.1 Å². The second-order valence-electron chi connectivity index (χ2n) is 7.20. The third-order valence-corrected chi connectivity index (χ3v) is 5.71. The van der Waals surface area contributed by atoms with Crippen molar-refractivity contribution < 1.29 is 14.7 Å². The first kappa shape index (κ1) is 16.8. The van der Waals surface area contributed by atoms with Crippen LogP contribution in [-0.2, 0) is 16.1 Å². The van der Waals surface area contributed by atoms with Gasteiger partial charge >= 0.3 is 5.97 Å². The molecule has 0 unspecified atom stereocenters. The molecule has 7 heteroatoms. The molecule has 4 rings (SSSR count). The number of nitrogens with zero attached hydrogens (tertiary/aromatic N) is 3. The number of carboxylic acids is 1. The Labute approximate surface area is 150 Å². The number of carbonyl (C=O) groups is 2. The normalized spacial score (nSPS) is 25.2.